The van der Waals surface area contributed by atoms with Crippen molar-refractivity contribution in [1.29, 1.82) is 0 Å². The highest BCUT2D eigenvalue weighted by Crippen LogP contribution is 2.30. The molecule has 104 valence electrons. The number of amides is 1. The van der Waals surface area contributed by atoms with Gasteiger partial charge in [0.1, 0.15) is 0 Å². The second kappa shape index (κ2) is 5.30. The molecule has 1 aliphatic rings. The molecule has 0 aliphatic heterocycles. The summed E-state index contributed by atoms with van der Waals surface area (Å²) >= 11 is 0. The van der Waals surface area contributed by atoms with Crippen LogP contribution in [0.5, 0.6) is 0 Å². The highest BCUT2D eigenvalue weighted by Gasteiger charge is 2.26. The fraction of sp³-hybridized carbons (Fsp3) is 0.462. The van der Waals surface area contributed by atoms with Crippen LogP contribution >= 0.6 is 0 Å². The SMILES string of the molecule is CCN(CC1CC1)C(=O)c1cccc(S(N)(=O)=O)c1. The average molecular weight is 282 g/mol. The van der Waals surface area contributed by atoms with Crippen LogP contribution in [0, 0.1) is 5.92 Å². The Labute approximate surface area is 113 Å². The number of hydrogen-bond donors (Lipinski definition) is 1. The Bertz CT molecular complexity index is 579. The summed E-state index contributed by atoms with van der Waals surface area (Å²) in [6, 6.07) is 5.89. The van der Waals surface area contributed by atoms with E-state index >= 15 is 0 Å². The quantitative estimate of drug-likeness (QED) is 0.881. The normalized spacial score (nSPS) is 15.3. The Hall–Kier alpha value is -1.40. The highest BCUT2D eigenvalue weighted by molar-refractivity contribution is 7.89. The molecule has 1 aliphatic carbocycles. The summed E-state index contributed by atoms with van der Waals surface area (Å²) in [5.74, 6) is 0.463. The van der Waals surface area contributed by atoms with E-state index in [0.29, 0.717) is 18.0 Å². The van der Waals surface area contributed by atoms with E-state index < -0.39 is 10.0 Å². The van der Waals surface area contributed by atoms with Gasteiger partial charge in [-0.05, 0) is 43.9 Å². The maximum Gasteiger partial charge on any atom is 0.253 e. The molecule has 5 nitrogen and oxygen atoms in total. The Morgan fingerprint density at radius 1 is 1.42 bits per heavy atom. The third kappa shape index (κ3) is 3.54. The molecule has 1 fully saturated rings. The molecule has 0 bridgehead atoms. The molecule has 0 unspecified atom stereocenters. The number of rotatable bonds is 5. The summed E-state index contributed by atoms with van der Waals surface area (Å²) in [4.78, 5) is 14.0. The van der Waals surface area contributed by atoms with Crippen molar-refractivity contribution in [2.75, 3.05) is 13.1 Å². The molecule has 6 heteroatoms. The van der Waals surface area contributed by atoms with Crippen LogP contribution in [0.3, 0.4) is 0 Å². The monoisotopic (exact) mass is 282 g/mol. The minimum atomic E-state index is -3.77. The van der Waals surface area contributed by atoms with Crippen molar-refractivity contribution in [3.05, 3.63) is 29.8 Å². The van der Waals surface area contributed by atoms with Crippen LogP contribution in [-0.2, 0) is 10.0 Å². The van der Waals surface area contributed by atoms with Crippen LogP contribution in [0.25, 0.3) is 0 Å². The molecule has 1 saturated carbocycles. The minimum absolute atomic E-state index is 0.0270. The number of carbonyl (C=O) groups excluding carboxylic acids is 1. The Kier molecular flexibility index (Phi) is 3.91. The first-order valence-corrected chi connectivity index (χ1v) is 7.88. The first-order valence-electron chi connectivity index (χ1n) is 6.34. The zero-order valence-electron chi connectivity index (χ0n) is 10.9. The first-order chi connectivity index (χ1) is 8.91. The summed E-state index contributed by atoms with van der Waals surface area (Å²) in [6.07, 6.45) is 2.34. The summed E-state index contributed by atoms with van der Waals surface area (Å²) < 4.78 is 22.6. The number of primary sulfonamides is 1. The number of hydrogen-bond acceptors (Lipinski definition) is 3. The van der Waals surface area contributed by atoms with Gasteiger partial charge in [0, 0.05) is 18.7 Å². The molecule has 2 N–H and O–H groups in total. The highest BCUT2D eigenvalue weighted by atomic mass is 32.2. The van der Waals surface area contributed by atoms with Gasteiger partial charge in [-0.25, -0.2) is 13.6 Å². The lowest BCUT2D eigenvalue weighted by molar-refractivity contribution is 0.0756. The smallest absolute Gasteiger partial charge is 0.253 e. The molecule has 19 heavy (non-hydrogen) atoms. The van der Waals surface area contributed by atoms with Gasteiger partial charge in [-0.3, -0.25) is 4.79 Å². The van der Waals surface area contributed by atoms with Gasteiger partial charge >= 0.3 is 0 Å². The predicted octanol–water partition coefficient (Wildman–Crippen LogP) is 1.21. The molecule has 0 heterocycles. The van der Waals surface area contributed by atoms with Crippen LogP contribution in [0.15, 0.2) is 29.2 Å². The van der Waals surface area contributed by atoms with Crippen molar-refractivity contribution in [3.63, 3.8) is 0 Å². The van der Waals surface area contributed by atoms with Gasteiger partial charge in [-0.2, -0.15) is 0 Å². The molecule has 0 atom stereocenters. The number of carbonyl (C=O) groups is 1. The van der Waals surface area contributed by atoms with E-state index in [4.69, 9.17) is 5.14 Å². The Balaban J connectivity index is 2.22. The van der Waals surface area contributed by atoms with Gasteiger partial charge in [0.2, 0.25) is 10.0 Å². The summed E-state index contributed by atoms with van der Waals surface area (Å²) in [7, 11) is -3.77. The Morgan fingerprint density at radius 3 is 2.63 bits per heavy atom. The third-order valence-electron chi connectivity index (χ3n) is 3.25. The first kappa shape index (κ1) is 14.0. The molecule has 0 aromatic heterocycles. The zero-order chi connectivity index (χ0) is 14.0. The van der Waals surface area contributed by atoms with Crippen LogP contribution in [0.4, 0.5) is 0 Å². The number of benzene rings is 1. The lowest BCUT2D eigenvalue weighted by Gasteiger charge is -2.20. The predicted molar refractivity (Wildman–Crippen MR) is 72.1 cm³/mol. The summed E-state index contributed by atoms with van der Waals surface area (Å²) in [5.41, 5.74) is 0.369. The van der Waals surface area contributed by atoms with Crippen molar-refractivity contribution in [2.24, 2.45) is 11.1 Å². The van der Waals surface area contributed by atoms with Crippen molar-refractivity contribution >= 4 is 15.9 Å². The topological polar surface area (TPSA) is 80.5 Å². The van der Waals surface area contributed by atoms with E-state index in [9.17, 15) is 13.2 Å². The van der Waals surface area contributed by atoms with Gasteiger partial charge < -0.3 is 4.90 Å². The molecular weight excluding hydrogens is 264 g/mol. The van der Waals surface area contributed by atoms with Crippen molar-refractivity contribution in [1.82, 2.24) is 4.90 Å². The van der Waals surface area contributed by atoms with E-state index in [1.54, 1.807) is 11.0 Å². The van der Waals surface area contributed by atoms with E-state index in [1.807, 2.05) is 6.92 Å². The maximum atomic E-state index is 12.3. The number of sulfonamides is 1. The van der Waals surface area contributed by atoms with Gasteiger partial charge in [0.25, 0.3) is 5.91 Å². The van der Waals surface area contributed by atoms with Crippen LogP contribution < -0.4 is 5.14 Å². The molecule has 0 spiro atoms. The second-order valence-electron chi connectivity index (χ2n) is 4.86. The van der Waals surface area contributed by atoms with Crippen molar-refractivity contribution < 1.29 is 13.2 Å². The van der Waals surface area contributed by atoms with Gasteiger partial charge in [0.15, 0.2) is 0 Å². The van der Waals surface area contributed by atoms with Gasteiger partial charge in [-0.1, -0.05) is 6.07 Å². The molecule has 1 amide bonds. The lowest BCUT2D eigenvalue weighted by Crippen LogP contribution is -2.32. The van der Waals surface area contributed by atoms with Crippen LogP contribution in [0.1, 0.15) is 30.1 Å². The van der Waals surface area contributed by atoms with Gasteiger partial charge in [0.05, 0.1) is 4.90 Å². The van der Waals surface area contributed by atoms with Crippen molar-refractivity contribution in [3.8, 4) is 0 Å². The molecule has 1 aromatic rings. The molecule has 0 radical (unpaired) electrons. The number of nitrogens with zero attached hydrogens (tertiary/aromatic N) is 1. The second-order valence-corrected chi connectivity index (χ2v) is 6.42. The number of nitrogens with two attached hydrogens (primary N) is 1. The molecule has 0 saturated heterocycles. The summed E-state index contributed by atoms with van der Waals surface area (Å²) in [5, 5.41) is 5.07. The average Bonchev–Trinajstić information content (AvgIpc) is 3.18. The maximum absolute atomic E-state index is 12.3. The summed E-state index contributed by atoms with van der Waals surface area (Å²) in [6.45, 7) is 3.29. The van der Waals surface area contributed by atoms with E-state index in [1.165, 1.54) is 31.0 Å². The van der Waals surface area contributed by atoms with E-state index in [-0.39, 0.29) is 10.8 Å². The molecular formula is C13H18N2O3S. The molecule has 1 aromatic carbocycles. The lowest BCUT2D eigenvalue weighted by atomic mass is 10.2. The van der Waals surface area contributed by atoms with Crippen LogP contribution in [-0.4, -0.2) is 32.3 Å². The fourth-order valence-electron chi connectivity index (χ4n) is 1.96. The van der Waals surface area contributed by atoms with E-state index in [0.717, 1.165) is 6.54 Å². The standard InChI is InChI=1S/C13H18N2O3S/c1-2-15(9-10-6-7-10)13(16)11-4-3-5-12(8-11)19(14,17)18/h3-5,8,10H,2,6-7,9H2,1H3,(H2,14,17,18). The molecule has 2 rings (SSSR count). The largest absolute Gasteiger partial charge is 0.339 e. The van der Waals surface area contributed by atoms with Crippen molar-refractivity contribution in [2.45, 2.75) is 24.7 Å². The minimum Gasteiger partial charge on any atom is -0.339 e. The fourth-order valence-corrected chi connectivity index (χ4v) is 2.52. The zero-order valence-corrected chi connectivity index (χ0v) is 11.7. The Morgan fingerprint density at radius 2 is 2.11 bits per heavy atom. The van der Waals surface area contributed by atoms with Crippen LogP contribution in [0.2, 0.25) is 0 Å². The third-order valence-corrected chi connectivity index (χ3v) is 4.16. The van der Waals surface area contributed by atoms with E-state index in [2.05, 4.69) is 0 Å². The van der Waals surface area contributed by atoms with Gasteiger partial charge in [-0.15, -0.1) is 0 Å².